The standard InChI is InChI=1S/C18H21ClN2O2/c1-4-8-20(9-5-2)18(23)14-10-17(22)21(12-14)15-7-6-13(3)16(19)11-15/h4-7,11,14H,1-2,8-10,12H2,3H3. The molecule has 0 bridgehead atoms. The van der Waals surface area contributed by atoms with Crippen LogP contribution >= 0.6 is 11.6 Å². The lowest BCUT2D eigenvalue weighted by Gasteiger charge is -2.23. The van der Waals surface area contributed by atoms with Gasteiger partial charge >= 0.3 is 0 Å². The molecule has 2 rings (SSSR count). The first-order valence-corrected chi connectivity index (χ1v) is 7.92. The van der Waals surface area contributed by atoms with Gasteiger partial charge in [-0.2, -0.15) is 0 Å². The Morgan fingerprint density at radius 3 is 2.61 bits per heavy atom. The van der Waals surface area contributed by atoms with Crippen molar-refractivity contribution < 1.29 is 9.59 Å². The Kier molecular flexibility index (Phi) is 5.61. The summed E-state index contributed by atoms with van der Waals surface area (Å²) in [6.07, 6.45) is 3.57. The molecule has 0 spiro atoms. The molecule has 1 atom stereocenters. The second-order valence-corrected chi connectivity index (χ2v) is 6.07. The van der Waals surface area contributed by atoms with Crippen LogP contribution in [0.2, 0.25) is 5.02 Å². The molecular formula is C18H21ClN2O2. The van der Waals surface area contributed by atoms with Crippen LogP contribution in [0.5, 0.6) is 0 Å². The van der Waals surface area contributed by atoms with Gasteiger partial charge in [0.25, 0.3) is 0 Å². The molecule has 1 saturated heterocycles. The Labute approximate surface area is 142 Å². The Morgan fingerprint density at radius 1 is 1.39 bits per heavy atom. The largest absolute Gasteiger partial charge is 0.335 e. The molecule has 1 aromatic rings. The monoisotopic (exact) mass is 332 g/mol. The molecular weight excluding hydrogens is 312 g/mol. The average Bonchev–Trinajstić information content (AvgIpc) is 2.91. The van der Waals surface area contributed by atoms with Gasteiger partial charge in [-0.05, 0) is 24.6 Å². The molecule has 1 aromatic carbocycles. The van der Waals surface area contributed by atoms with Crippen LogP contribution in [0.25, 0.3) is 0 Å². The third-order valence-electron chi connectivity index (χ3n) is 3.95. The van der Waals surface area contributed by atoms with E-state index in [1.54, 1.807) is 28.0 Å². The third-order valence-corrected chi connectivity index (χ3v) is 4.36. The predicted octanol–water partition coefficient (Wildman–Crippen LogP) is 3.20. The number of carbonyl (C=O) groups excluding carboxylic acids is 2. The molecule has 1 fully saturated rings. The van der Waals surface area contributed by atoms with Crippen molar-refractivity contribution in [3.8, 4) is 0 Å². The van der Waals surface area contributed by atoms with Crippen LogP contribution in [0.1, 0.15) is 12.0 Å². The fourth-order valence-electron chi connectivity index (χ4n) is 2.70. The first-order valence-electron chi connectivity index (χ1n) is 7.55. The van der Waals surface area contributed by atoms with Crippen LogP contribution in [0.3, 0.4) is 0 Å². The fraction of sp³-hybridized carbons (Fsp3) is 0.333. The minimum absolute atomic E-state index is 0.0427. The molecule has 5 heteroatoms. The summed E-state index contributed by atoms with van der Waals surface area (Å²) in [6, 6.07) is 5.51. The van der Waals surface area contributed by atoms with E-state index in [-0.39, 0.29) is 24.2 Å². The molecule has 1 aliphatic heterocycles. The van der Waals surface area contributed by atoms with E-state index in [4.69, 9.17) is 11.6 Å². The van der Waals surface area contributed by atoms with Crippen molar-refractivity contribution in [2.75, 3.05) is 24.5 Å². The van der Waals surface area contributed by atoms with Gasteiger partial charge in [0.05, 0.1) is 5.92 Å². The van der Waals surface area contributed by atoms with E-state index in [0.717, 1.165) is 11.3 Å². The molecule has 122 valence electrons. The average molecular weight is 333 g/mol. The Balaban J connectivity index is 2.15. The highest BCUT2D eigenvalue weighted by molar-refractivity contribution is 6.31. The van der Waals surface area contributed by atoms with Gasteiger partial charge in [0.1, 0.15) is 0 Å². The second kappa shape index (κ2) is 7.47. The Hall–Kier alpha value is -2.07. The van der Waals surface area contributed by atoms with E-state index < -0.39 is 0 Å². The zero-order chi connectivity index (χ0) is 17.0. The third kappa shape index (κ3) is 3.82. The number of amides is 2. The minimum atomic E-state index is -0.345. The second-order valence-electron chi connectivity index (χ2n) is 5.66. The molecule has 23 heavy (non-hydrogen) atoms. The number of benzene rings is 1. The van der Waals surface area contributed by atoms with Crippen LogP contribution in [0, 0.1) is 12.8 Å². The first kappa shape index (κ1) is 17.3. The summed E-state index contributed by atoms with van der Waals surface area (Å²) in [5, 5.41) is 0.616. The van der Waals surface area contributed by atoms with E-state index in [2.05, 4.69) is 13.2 Å². The van der Waals surface area contributed by atoms with Gasteiger partial charge in [-0.3, -0.25) is 9.59 Å². The summed E-state index contributed by atoms with van der Waals surface area (Å²) in [4.78, 5) is 28.2. The van der Waals surface area contributed by atoms with Gasteiger partial charge in [0.2, 0.25) is 11.8 Å². The van der Waals surface area contributed by atoms with Gasteiger partial charge in [-0.15, -0.1) is 13.2 Å². The van der Waals surface area contributed by atoms with Crippen molar-refractivity contribution in [1.82, 2.24) is 4.90 Å². The van der Waals surface area contributed by atoms with E-state index in [0.29, 0.717) is 24.7 Å². The maximum Gasteiger partial charge on any atom is 0.228 e. The van der Waals surface area contributed by atoms with Crippen LogP contribution in [-0.4, -0.2) is 36.3 Å². The predicted molar refractivity (Wildman–Crippen MR) is 93.6 cm³/mol. The number of hydrogen-bond acceptors (Lipinski definition) is 2. The number of aryl methyl sites for hydroxylation is 1. The summed E-state index contributed by atoms with van der Waals surface area (Å²) in [6.45, 7) is 10.5. The van der Waals surface area contributed by atoms with Gasteiger partial charge in [-0.1, -0.05) is 29.8 Å². The van der Waals surface area contributed by atoms with E-state index in [9.17, 15) is 9.59 Å². The van der Waals surface area contributed by atoms with Gasteiger partial charge in [0, 0.05) is 36.8 Å². The highest BCUT2D eigenvalue weighted by Gasteiger charge is 2.36. The molecule has 4 nitrogen and oxygen atoms in total. The summed E-state index contributed by atoms with van der Waals surface area (Å²) >= 11 is 6.14. The van der Waals surface area contributed by atoms with Crippen molar-refractivity contribution in [2.45, 2.75) is 13.3 Å². The van der Waals surface area contributed by atoms with E-state index in [1.807, 2.05) is 19.1 Å². The van der Waals surface area contributed by atoms with E-state index in [1.165, 1.54) is 0 Å². The highest BCUT2D eigenvalue weighted by atomic mass is 35.5. The molecule has 0 saturated carbocycles. The number of halogens is 1. The number of hydrogen-bond donors (Lipinski definition) is 0. The van der Waals surface area contributed by atoms with Crippen LogP contribution in [0.4, 0.5) is 5.69 Å². The van der Waals surface area contributed by atoms with Crippen molar-refractivity contribution in [1.29, 1.82) is 0 Å². The molecule has 2 amide bonds. The number of nitrogens with zero attached hydrogens (tertiary/aromatic N) is 2. The number of carbonyl (C=O) groups is 2. The summed E-state index contributed by atoms with van der Waals surface area (Å²) in [5.74, 6) is -0.443. The molecule has 1 aliphatic rings. The Bertz CT molecular complexity index is 632. The maximum atomic E-state index is 12.6. The zero-order valence-electron chi connectivity index (χ0n) is 13.3. The smallest absolute Gasteiger partial charge is 0.228 e. The summed E-state index contributed by atoms with van der Waals surface area (Å²) < 4.78 is 0. The van der Waals surface area contributed by atoms with Crippen LogP contribution in [-0.2, 0) is 9.59 Å². The highest BCUT2D eigenvalue weighted by Crippen LogP contribution is 2.29. The lowest BCUT2D eigenvalue weighted by molar-refractivity contribution is -0.134. The maximum absolute atomic E-state index is 12.6. The first-order chi connectivity index (χ1) is 11.0. The lowest BCUT2D eigenvalue weighted by Crippen LogP contribution is -2.37. The van der Waals surface area contributed by atoms with Crippen molar-refractivity contribution in [3.63, 3.8) is 0 Å². The SMILES string of the molecule is C=CCN(CC=C)C(=O)C1CC(=O)N(c2ccc(C)c(Cl)c2)C1. The molecule has 0 aromatic heterocycles. The van der Waals surface area contributed by atoms with E-state index >= 15 is 0 Å². The normalized spacial score (nSPS) is 17.2. The molecule has 0 aliphatic carbocycles. The van der Waals surface area contributed by atoms with Crippen molar-refractivity contribution in [3.05, 3.63) is 54.1 Å². The minimum Gasteiger partial charge on any atom is -0.335 e. The van der Waals surface area contributed by atoms with Crippen LogP contribution in [0.15, 0.2) is 43.5 Å². The molecule has 0 radical (unpaired) electrons. The summed E-state index contributed by atoms with van der Waals surface area (Å²) in [7, 11) is 0. The summed E-state index contributed by atoms with van der Waals surface area (Å²) in [5.41, 5.74) is 1.69. The van der Waals surface area contributed by atoms with Crippen molar-refractivity contribution in [2.24, 2.45) is 5.92 Å². The fourth-order valence-corrected chi connectivity index (χ4v) is 2.87. The molecule has 1 unspecified atom stereocenters. The number of rotatable bonds is 6. The van der Waals surface area contributed by atoms with Crippen molar-refractivity contribution >= 4 is 29.1 Å². The topological polar surface area (TPSA) is 40.6 Å². The lowest BCUT2D eigenvalue weighted by atomic mass is 10.1. The quantitative estimate of drug-likeness (QED) is 0.751. The molecule has 1 heterocycles. The zero-order valence-corrected chi connectivity index (χ0v) is 14.1. The molecule has 0 N–H and O–H groups in total. The van der Waals surface area contributed by atoms with Gasteiger partial charge < -0.3 is 9.80 Å². The number of anilines is 1. The van der Waals surface area contributed by atoms with Crippen LogP contribution < -0.4 is 4.90 Å². The van der Waals surface area contributed by atoms with Gasteiger partial charge in [-0.25, -0.2) is 0 Å². The van der Waals surface area contributed by atoms with Gasteiger partial charge in [0.15, 0.2) is 0 Å². The Morgan fingerprint density at radius 2 is 2.04 bits per heavy atom.